The van der Waals surface area contributed by atoms with E-state index in [1.165, 1.54) is 22.6 Å². The fraction of sp³-hybridized carbons (Fsp3) is 0.600. The zero-order valence-corrected chi connectivity index (χ0v) is 13.1. The summed E-state index contributed by atoms with van der Waals surface area (Å²) in [5, 5.41) is 0. The molecule has 1 aromatic rings. The lowest BCUT2D eigenvalue weighted by Crippen LogP contribution is -2.31. The average Bonchev–Trinajstić information content (AvgIpc) is 2.35. The van der Waals surface area contributed by atoms with Crippen LogP contribution in [0.4, 0.5) is 5.69 Å². The van der Waals surface area contributed by atoms with Crippen molar-refractivity contribution in [3.05, 3.63) is 23.8 Å². The van der Waals surface area contributed by atoms with E-state index in [2.05, 4.69) is 57.2 Å². The van der Waals surface area contributed by atoms with Gasteiger partial charge < -0.3 is 10.6 Å². The molecule has 0 saturated heterocycles. The Morgan fingerprint density at radius 3 is 2.44 bits per heavy atom. The second-order valence-corrected chi connectivity index (χ2v) is 6.10. The first-order valence-corrected chi connectivity index (χ1v) is 7.82. The van der Waals surface area contributed by atoms with Crippen molar-refractivity contribution in [3.63, 3.8) is 0 Å². The van der Waals surface area contributed by atoms with Crippen molar-refractivity contribution >= 4 is 17.4 Å². The fourth-order valence-corrected chi connectivity index (χ4v) is 3.01. The molecule has 0 bridgehead atoms. The van der Waals surface area contributed by atoms with Crippen molar-refractivity contribution in [2.75, 3.05) is 18.2 Å². The molecule has 102 valence electrons. The summed E-state index contributed by atoms with van der Waals surface area (Å²) in [6.45, 7) is 7.43. The van der Waals surface area contributed by atoms with Gasteiger partial charge in [0.25, 0.3) is 0 Å². The van der Waals surface area contributed by atoms with E-state index in [1.807, 2.05) is 0 Å². The largest absolute Gasteiger partial charge is 0.372 e. The third-order valence-electron chi connectivity index (χ3n) is 3.39. The molecule has 0 aromatic heterocycles. The van der Waals surface area contributed by atoms with E-state index in [4.69, 9.17) is 5.73 Å². The topological polar surface area (TPSA) is 29.3 Å². The van der Waals surface area contributed by atoms with E-state index in [0.29, 0.717) is 18.5 Å². The van der Waals surface area contributed by atoms with E-state index in [0.717, 1.165) is 0 Å². The van der Waals surface area contributed by atoms with Crippen LogP contribution in [0.1, 0.15) is 32.8 Å². The minimum atomic E-state index is 0.535. The lowest BCUT2D eigenvalue weighted by molar-refractivity contribution is 0.503. The first-order valence-electron chi connectivity index (χ1n) is 6.60. The second kappa shape index (κ2) is 7.05. The predicted octanol–water partition coefficient (Wildman–Crippen LogP) is 3.74. The molecular weight excluding hydrogens is 240 g/mol. The Kier molecular flexibility index (Phi) is 6.03. The molecule has 0 heterocycles. The summed E-state index contributed by atoms with van der Waals surface area (Å²) in [6, 6.07) is 6.99. The van der Waals surface area contributed by atoms with Crippen molar-refractivity contribution in [1.82, 2.24) is 0 Å². The molecule has 1 aromatic carbocycles. The van der Waals surface area contributed by atoms with Crippen LogP contribution in [0.15, 0.2) is 23.1 Å². The van der Waals surface area contributed by atoms with Crippen LogP contribution < -0.4 is 10.6 Å². The van der Waals surface area contributed by atoms with Gasteiger partial charge in [0.1, 0.15) is 0 Å². The average molecular weight is 266 g/mol. The molecule has 1 unspecified atom stereocenters. The van der Waals surface area contributed by atoms with Gasteiger partial charge >= 0.3 is 0 Å². The Hall–Kier alpha value is -0.670. The molecule has 0 saturated carbocycles. The SMILES string of the molecule is CSc1cccc(N(C)C(C)CC(C)C)c1CN. The Balaban J connectivity index is 3.01. The first kappa shape index (κ1) is 15.4. The maximum Gasteiger partial charge on any atom is 0.0422 e. The van der Waals surface area contributed by atoms with Gasteiger partial charge in [-0.05, 0) is 37.7 Å². The molecule has 2 N–H and O–H groups in total. The van der Waals surface area contributed by atoms with Crippen molar-refractivity contribution < 1.29 is 0 Å². The van der Waals surface area contributed by atoms with Crippen LogP contribution >= 0.6 is 11.8 Å². The zero-order valence-electron chi connectivity index (χ0n) is 12.2. The number of anilines is 1. The van der Waals surface area contributed by atoms with Gasteiger partial charge in [-0.2, -0.15) is 0 Å². The Morgan fingerprint density at radius 1 is 1.28 bits per heavy atom. The molecule has 0 aliphatic carbocycles. The molecule has 2 nitrogen and oxygen atoms in total. The van der Waals surface area contributed by atoms with Crippen LogP contribution in [0, 0.1) is 5.92 Å². The van der Waals surface area contributed by atoms with Gasteiger partial charge in [-0.15, -0.1) is 11.8 Å². The second-order valence-electron chi connectivity index (χ2n) is 5.25. The van der Waals surface area contributed by atoms with Crippen molar-refractivity contribution in [2.45, 2.75) is 44.7 Å². The highest BCUT2D eigenvalue weighted by atomic mass is 32.2. The standard InChI is InChI=1S/C15H26N2S/c1-11(2)9-12(3)17(4)14-7-6-8-15(18-5)13(14)10-16/h6-8,11-12H,9-10,16H2,1-5H3. The quantitative estimate of drug-likeness (QED) is 0.795. The van der Waals surface area contributed by atoms with E-state index in [-0.39, 0.29) is 0 Å². The number of hydrogen-bond donors (Lipinski definition) is 1. The third kappa shape index (κ3) is 3.66. The van der Waals surface area contributed by atoms with Crippen LogP contribution in [-0.2, 0) is 6.54 Å². The first-order chi connectivity index (χ1) is 8.51. The summed E-state index contributed by atoms with van der Waals surface area (Å²) >= 11 is 1.77. The minimum Gasteiger partial charge on any atom is -0.372 e. The van der Waals surface area contributed by atoms with Gasteiger partial charge in [0.05, 0.1) is 0 Å². The van der Waals surface area contributed by atoms with Gasteiger partial charge in [-0.25, -0.2) is 0 Å². The Bertz CT molecular complexity index is 377. The number of thioether (sulfide) groups is 1. The van der Waals surface area contributed by atoms with E-state index >= 15 is 0 Å². The van der Waals surface area contributed by atoms with Crippen LogP contribution in [0.5, 0.6) is 0 Å². The zero-order chi connectivity index (χ0) is 13.7. The number of hydrogen-bond acceptors (Lipinski definition) is 3. The van der Waals surface area contributed by atoms with Crippen molar-refractivity contribution in [1.29, 1.82) is 0 Å². The predicted molar refractivity (Wildman–Crippen MR) is 83.4 cm³/mol. The maximum absolute atomic E-state index is 5.93. The molecule has 0 spiro atoms. The van der Waals surface area contributed by atoms with Gasteiger partial charge in [-0.3, -0.25) is 0 Å². The lowest BCUT2D eigenvalue weighted by atomic mass is 10.0. The molecular formula is C15H26N2S. The summed E-state index contributed by atoms with van der Waals surface area (Å²) < 4.78 is 0. The van der Waals surface area contributed by atoms with Gasteiger partial charge in [0.2, 0.25) is 0 Å². The normalized spacial score (nSPS) is 12.8. The summed E-state index contributed by atoms with van der Waals surface area (Å²) in [7, 11) is 2.17. The molecule has 0 fully saturated rings. The molecule has 0 aliphatic heterocycles. The van der Waals surface area contributed by atoms with E-state index < -0.39 is 0 Å². The van der Waals surface area contributed by atoms with Crippen molar-refractivity contribution in [3.8, 4) is 0 Å². The minimum absolute atomic E-state index is 0.535. The monoisotopic (exact) mass is 266 g/mol. The summed E-state index contributed by atoms with van der Waals surface area (Å²) in [5.74, 6) is 0.715. The molecule has 3 heteroatoms. The Labute approximate surface area is 116 Å². The van der Waals surface area contributed by atoms with Crippen LogP contribution in [0.25, 0.3) is 0 Å². The van der Waals surface area contributed by atoms with Crippen LogP contribution in [-0.4, -0.2) is 19.3 Å². The van der Waals surface area contributed by atoms with E-state index in [1.54, 1.807) is 11.8 Å². The van der Waals surface area contributed by atoms with Gasteiger partial charge in [-0.1, -0.05) is 19.9 Å². The molecule has 0 radical (unpaired) electrons. The number of nitrogens with zero attached hydrogens (tertiary/aromatic N) is 1. The summed E-state index contributed by atoms with van der Waals surface area (Å²) in [6.07, 6.45) is 3.31. The molecule has 0 amide bonds. The maximum atomic E-state index is 5.93. The van der Waals surface area contributed by atoms with Crippen LogP contribution in [0.3, 0.4) is 0 Å². The number of benzene rings is 1. The third-order valence-corrected chi connectivity index (χ3v) is 4.21. The highest BCUT2D eigenvalue weighted by molar-refractivity contribution is 7.98. The molecule has 1 rings (SSSR count). The molecule has 18 heavy (non-hydrogen) atoms. The summed E-state index contributed by atoms with van der Waals surface area (Å²) in [4.78, 5) is 3.65. The highest BCUT2D eigenvalue weighted by Gasteiger charge is 2.16. The van der Waals surface area contributed by atoms with Crippen molar-refractivity contribution in [2.24, 2.45) is 11.7 Å². The summed E-state index contributed by atoms with van der Waals surface area (Å²) in [5.41, 5.74) is 8.47. The van der Waals surface area contributed by atoms with E-state index in [9.17, 15) is 0 Å². The lowest BCUT2D eigenvalue weighted by Gasteiger charge is -2.30. The van der Waals surface area contributed by atoms with Gasteiger partial charge in [0, 0.05) is 35.8 Å². The smallest absolute Gasteiger partial charge is 0.0422 e. The van der Waals surface area contributed by atoms with Gasteiger partial charge in [0.15, 0.2) is 0 Å². The fourth-order valence-electron chi connectivity index (χ4n) is 2.36. The molecule has 0 aliphatic rings. The number of nitrogens with two attached hydrogens (primary N) is 1. The molecule has 1 atom stereocenters. The van der Waals surface area contributed by atoms with Crippen LogP contribution in [0.2, 0.25) is 0 Å². The number of rotatable bonds is 6. The highest BCUT2D eigenvalue weighted by Crippen LogP contribution is 2.30. The Morgan fingerprint density at radius 2 is 1.94 bits per heavy atom.